The Kier molecular flexibility index (Phi) is 3.81. The van der Waals surface area contributed by atoms with Gasteiger partial charge in [-0.15, -0.1) is 0 Å². The minimum atomic E-state index is 0.551. The van der Waals surface area contributed by atoms with Crippen molar-refractivity contribution in [3.8, 4) is 16.9 Å². The first-order chi connectivity index (χ1) is 8.25. The number of hydrogen-bond donors (Lipinski definition) is 0. The van der Waals surface area contributed by atoms with E-state index < -0.39 is 0 Å². The second kappa shape index (κ2) is 5.53. The van der Waals surface area contributed by atoms with Crippen molar-refractivity contribution in [1.82, 2.24) is 0 Å². The van der Waals surface area contributed by atoms with Crippen molar-refractivity contribution < 1.29 is 4.74 Å². The van der Waals surface area contributed by atoms with E-state index in [4.69, 9.17) is 4.74 Å². The smallest absolute Gasteiger partial charge is 0.119 e. The zero-order chi connectivity index (χ0) is 12.1. The Balaban J connectivity index is 2.17. The van der Waals surface area contributed by atoms with Crippen molar-refractivity contribution in [2.45, 2.75) is 13.8 Å². The summed E-state index contributed by atoms with van der Waals surface area (Å²) in [5, 5.41) is 0. The maximum absolute atomic E-state index is 5.73. The molecule has 0 fully saturated rings. The maximum atomic E-state index is 5.73. The average Bonchev–Trinajstić information content (AvgIpc) is 2.38. The fraction of sp³-hybridized carbons (Fsp3) is 0.250. The van der Waals surface area contributed by atoms with Crippen LogP contribution in [0.25, 0.3) is 11.1 Å². The summed E-state index contributed by atoms with van der Waals surface area (Å²) >= 11 is 0. The number of benzene rings is 2. The molecule has 0 saturated carbocycles. The van der Waals surface area contributed by atoms with Crippen LogP contribution in [0.3, 0.4) is 0 Å². The van der Waals surface area contributed by atoms with Gasteiger partial charge < -0.3 is 4.74 Å². The van der Waals surface area contributed by atoms with Crippen LogP contribution in [0.1, 0.15) is 13.8 Å². The maximum Gasteiger partial charge on any atom is 0.119 e. The van der Waals surface area contributed by atoms with Crippen LogP contribution in [0.2, 0.25) is 0 Å². The SMILES string of the molecule is CC(C)COc1cccc(-c2ccccc2)c1. The van der Waals surface area contributed by atoms with Crippen molar-refractivity contribution in [2.24, 2.45) is 5.92 Å². The molecule has 0 amide bonds. The van der Waals surface area contributed by atoms with Gasteiger partial charge in [0.05, 0.1) is 6.61 Å². The Hall–Kier alpha value is -1.76. The normalized spacial score (nSPS) is 10.5. The summed E-state index contributed by atoms with van der Waals surface area (Å²) in [6.07, 6.45) is 0. The van der Waals surface area contributed by atoms with Crippen LogP contribution >= 0.6 is 0 Å². The molecule has 0 N–H and O–H groups in total. The second-order valence-corrected chi connectivity index (χ2v) is 4.60. The third-order valence-corrected chi connectivity index (χ3v) is 2.52. The Bertz CT molecular complexity index is 460. The van der Waals surface area contributed by atoms with Gasteiger partial charge in [-0.2, -0.15) is 0 Å². The van der Waals surface area contributed by atoms with Crippen molar-refractivity contribution in [1.29, 1.82) is 0 Å². The molecule has 0 aliphatic rings. The lowest BCUT2D eigenvalue weighted by Crippen LogP contribution is -2.04. The lowest BCUT2D eigenvalue weighted by Gasteiger charge is -2.10. The van der Waals surface area contributed by atoms with Crippen LogP contribution in [0, 0.1) is 5.92 Å². The van der Waals surface area contributed by atoms with Crippen molar-refractivity contribution in [2.75, 3.05) is 6.61 Å². The molecule has 2 rings (SSSR count). The third kappa shape index (κ3) is 3.35. The zero-order valence-electron chi connectivity index (χ0n) is 10.4. The standard InChI is InChI=1S/C16H18O/c1-13(2)12-17-16-10-6-9-15(11-16)14-7-4-3-5-8-14/h3-11,13H,12H2,1-2H3. The molecule has 2 aromatic carbocycles. The van der Waals surface area contributed by atoms with Crippen molar-refractivity contribution >= 4 is 0 Å². The summed E-state index contributed by atoms with van der Waals surface area (Å²) in [5.74, 6) is 1.50. The third-order valence-electron chi connectivity index (χ3n) is 2.52. The van der Waals surface area contributed by atoms with E-state index in [0.717, 1.165) is 12.4 Å². The van der Waals surface area contributed by atoms with Crippen LogP contribution < -0.4 is 4.74 Å². The predicted molar refractivity (Wildman–Crippen MR) is 72.2 cm³/mol. The molecule has 0 heterocycles. The van der Waals surface area contributed by atoms with Gasteiger partial charge in [0, 0.05) is 0 Å². The van der Waals surface area contributed by atoms with E-state index in [9.17, 15) is 0 Å². The molecule has 0 aromatic heterocycles. The lowest BCUT2D eigenvalue weighted by molar-refractivity contribution is 0.271. The van der Waals surface area contributed by atoms with Crippen molar-refractivity contribution in [3.63, 3.8) is 0 Å². The molecular weight excluding hydrogens is 208 g/mol. The summed E-state index contributed by atoms with van der Waals surface area (Å²) in [6, 6.07) is 18.6. The summed E-state index contributed by atoms with van der Waals surface area (Å²) in [5.41, 5.74) is 2.43. The predicted octanol–water partition coefficient (Wildman–Crippen LogP) is 4.39. The van der Waals surface area contributed by atoms with Crippen molar-refractivity contribution in [3.05, 3.63) is 54.6 Å². The Morgan fingerprint density at radius 2 is 1.59 bits per heavy atom. The number of hydrogen-bond acceptors (Lipinski definition) is 1. The molecule has 0 radical (unpaired) electrons. The van der Waals surface area contributed by atoms with E-state index in [0.29, 0.717) is 5.92 Å². The summed E-state index contributed by atoms with van der Waals surface area (Å²) in [6.45, 7) is 5.07. The highest BCUT2D eigenvalue weighted by molar-refractivity contribution is 5.64. The zero-order valence-corrected chi connectivity index (χ0v) is 10.4. The van der Waals surface area contributed by atoms with Crippen LogP contribution in [-0.4, -0.2) is 6.61 Å². The van der Waals surface area contributed by atoms with E-state index in [2.05, 4.69) is 50.2 Å². The monoisotopic (exact) mass is 226 g/mol. The highest BCUT2D eigenvalue weighted by Gasteiger charge is 2.00. The minimum absolute atomic E-state index is 0.551. The van der Waals surface area contributed by atoms with Gasteiger partial charge in [-0.3, -0.25) is 0 Å². The summed E-state index contributed by atoms with van der Waals surface area (Å²) in [7, 11) is 0. The second-order valence-electron chi connectivity index (χ2n) is 4.60. The first kappa shape index (κ1) is 11.7. The van der Waals surface area contributed by atoms with E-state index in [1.807, 2.05) is 18.2 Å². The summed E-state index contributed by atoms with van der Waals surface area (Å²) < 4.78 is 5.73. The van der Waals surface area contributed by atoms with E-state index in [1.165, 1.54) is 11.1 Å². The Morgan fingerprint density at radius 1 is 0.882 bits per heavy atom. The molecule has 0 aliphatic heterocycles. The molecular formula is C16H18O. The molecule has 0 saturated heterocycles. The molecule has 0 atom stereocenters. The van der Waals surface area contributed by atoms with Crippen LogP contribution in [0.15, 0.2) is 54.6 Å². The fourth-order valence-electron chi connectivity index (χ4n) is 1.66. The lowest BCUT2D eigenvalue weighted by atomic mass is 10.1. The highest BCUT2D eigenvalue weighted by atomic mass is 16.5. The molecule has 1 heteroatoms. The van der Waals surface area contributed by atoms with Gasteiger partial charge >= 0.3 is 0 Å². The Labute approximate surface area is 103 Å². The number of rotatable bonds is 4. The highest BCUT2D eigenvalue weighted by Crippen LogP contribution is 2.23. The van der Waals surface area contributed by atoms with Gasteiger partial charge in [0.2, 0.25) is 0 Å². The molecule has 0 spiro atoms. The quantitative estimate of drug-likeness (QED) is 0.751. The summed E-state index contributed by atoms with van der Waals surface area (Å²) in [4.78, 5) is 0. The van der Waals surface area contributed by atoms with Gasteiger partial charge in [-0.1, -0.05) is 56.3 Å². The first-order valence-electron chi connectivity index (χ1n) is 6.04. The van der Waals surface area contributed by atoms with Gasteiger partial charge in [0.25, 0.3) is 0 Å². The Morgan fingerprint density at radius 3 is 2.29 bits per heavy atom. The molecule has 0 unspecified atom stereocenters. The van der Waals surface area contributed by atoms with Crippen LogP contribution in [0.5, 0.6) is 5.75 Å². The van der Waals surface area contributed by atoms with E-state index in [-0.39, 0.29) is 0 Å². The first-order valence-corrected chi connectivity index (χ1v) is 6.04. The molecule has 1 nitrogen and oxygen atoms in total. The number of ether oxygens (including phenoxy) is 1. The molecule has 0 bridgehead atoms. The topological polar surface area (TPSA) is 9.23 Å². The fourth-order valence-corrected chi connectivity index (χ4v) is 1.66. The van der Waals surface area contributed by atoms with Crippen LogP contribution in [0.4, 0.5) is 0 Å². The van der Waals surface area contributed by atoms with Gasteiger partial charge in [-0.05, 0) is 29.2 Å². The molecule has 0 aliphatic carbocycles. The molecule has 2 aromatic rings. The largest absolute Gasteiger partial charge is 0.493 e. The van der Waals surface area contributed by atoms with Gasteiger partial charge in [0.15, 0.2) is 0 Å². The van der Waals surface area contributed by atoms with Gasteiger partial charge in [0.1, 0.15) is 5.75 Å². The van der Waals surface area contributed by atoms with E-state index in [1.54, 1.807) is 0 Å². The van der Waals surface area contributed by atoms with Crippen LogP contribution in [-0.2, 0) is 0 Å². The average molecular weight is 226 g/mol. The minimum Gasteiger partial charge on any atom is -0.493 e. The molecule has 17 heavy (non-hydrogen) atoms. The molecule has 88 valence electrons. The van der Waals surface area contributed by atoms with E-state index >= 15 is 0 Å². The van der Waals surface area contributed by atoms with Gasteiger partial charge in [-0.25, -0.2) is 0 Å².